The Bertz CT molecular complexity index is 1950. The van der Waals surface area contributed by atoms with Crippen LogP contribution in [0.15, 0.2) is 126 Å². The van der Waals surface area contributed by atoms with E-state index in [0.717, 1.165) is 49.8 Å². The zero-order valence-corrected chi connectivity index (χ0v) is 20.7. The van der Waals surface area contributed by atoms with E-state index in [2.05, 4.69) is 29.1 Å². The minimum absolute atomic E-state index is 0.571. The van der Waals surface area contributed by atoms with E-state index in [1.807, 2.05) is 91.0 Å². The van der Waals surface area contributed by atoms with E-state index in [4.69, 9.17) is 25.9 Å². The summed E-state index contributed by atoms with van der Waals surface area (Å²) in [4.78, 5) is 17.9. The molecule has 0 radical (unpaired) electrons. The van der Waals surface area contributed by atoms with Gasteiger partial charge in [-0.25, -0.2) is 19.8 Å². The third kappa shape index (κ3) is 4.20. The standard InChI is InChI=1S/C34H20N4O/c1-35-27-17-19-29-28-18-16-26(20-30(28)39-31(29)21-27)22-12-14-25(15-13-22)34-37-32(23-8-4-2-5-9-23)36-33(38-34)24-10-6-3-7-11-24/h2-21H. The van der Waals surface area contributed by atoms with E-state index < -0.39 is 0 Å². The second-order valence-electron chi connectivity index (χ2n) is 9.22. The van der Waals surface area contributed by atoms with Crippen molar-refractivity contribution < 1.29 is 4.42 Å². The van der Waals surface area contributed by atoms with Crippen LogP contribution < -0.4 is 0 Å². The van der Waals surface area contributed by atoms with Crippen LogP contribution in [0.1, 0.15) is 0 Å². The lowest BCUT2D eigenvalue weighted by molar-refractivity contribution is 0.669. The maximum atomic E-state index is 7.26. The number of nitrogens with zero attached hydrogens (tertiary/aromatic N) is 4. The lowest BCUT2D eigenvalue weighted by Crippen LogP contribution is -2.00. The Morgan fingerprint density at radius 2 is 0.923 bits per heavy atom. The Kier molecular flexibility index (Phi) is 5.42. The predicted octanol–water partition coefficient (Wildman–Crippen LogP) is 8.99. The first-order valence-electron chi connectivity index (χ1n) is 12.6. The molecule has 5 aromatic carbocycles. The van der Waals surface area contributed by atoms with E-state index in [1.54, 1.807) is 6.07 Å². The number of aromatic nitrogens is 3. The van der Waals surface area contributed by atoms with Crippen LogP contribution in [0.5, 0.6) is 0 Å². The van der Waals surface area contributed by atoms with Crippen LogP contribution in [0.2, 0.25) is 0 Å². The summed E-state index contributed by atoms with van der Waals surface area (Å²) < 4.78 is 6.09. The molecule has 0 bridgehead atoms. The van der Waals surface area contributed by atoms with Crippen molar-refractivity contribution in [2.45, 2.75) is 0 Å². The van der Waals surface area contributed by atoms with Crippen LogP contribution in [0.25, 0.3) is 72.1 Å². The number of hydrogen-bond donors (Lipinski definition) is 0. The second kappa shape index (κ2) is 9.37. The molecular formula is C34H20N4O. The number of benzene rings is 5. The van der Waals surface area contributed by atoms with Gasteiger partial charge in [-0.2, -0.15) is 0 Å². The highest BCUT2D eigenvalue weighted by atomic mass is 16.3. The minimum atomic E-state index is 0.571. The average Bonchev–Trinajstić information content (AvgIpc) is 3.39. The molecule has 5 nitrogen and oxygen atoms in total. The van der Waals surface area contributed by atoms with Gasteiger partial charge in [0.15, 0.2) is 23.2 Å². The lowest BCUT2D eigenvalue weighted by Gasteiger charge is -2.09. The fourth-order valence-corrected chi connectivity index (χ4v) is 4.76. The summed E-state index contributed by atoms with van der Waals surface area (Å²) in [6.07, 6.45) is 0. The van der Waals surface area contributed by atoms with Gasteiger partial charge in [-0.3, -0.25) is 0 Å². The zero-order valence-electron chi connectivity index (χ0n) is 20.7. The summed E-state index contributed by atoms with van der Waals surface area (Å²) >= 11 is 0. The summed E-state index contributed by atoms with van der Waals surface area (Å²) in [6.45, 7) is 7.26. The van der Waals surface area contributed by atoms with E-state index in [0.29, 0.717) is 23.2 Å². The molecule has 0 aliphatic heterocycles. The molecule has 0 aliphatic rings. The molecular weight excluding hydrogens is 480 g/mol. The molecule has 0 unspecified atom stereocenters. The van der Waals surface area contributed by atoms with E-state index in [1.165, 1.54) is 0 Å². The Morgan fingerprint density at radius 1 is 0.462 bits per heavy atom. The van der Waals surface area contributed by atoms with Crippen molar-refractivity contribution in [1.82, 2.24) is 15.0 Å². The quantitative estimate of drug-likeness (QED) is 0.226. The highest BCUT2D eigenvalue weighted by molar-refractivity contribution is 6.06. The van der Waals surface area contributed by atoms with Crippen molar-refractivity contribution in [2.75, 3.05) is 0 Å². The van der Waals surface area contributed by atoms with Gasteiger partial charge in [0.1, 0.15) is 11.2 Å². The molecule has 2 aromatic heterocycles. The summed E-state index contributed by atoms with van der Waals surface area (Å²) in [7, 11) is 0. The molecule has 0 N–H and O–H groups in total. The van der Waals surface area contributed by atoms with Crippen molar-refractivity contribution in [2.24, 2.45) is 0 Å². The number of furan rings is 1. The molecule has 39 heavy (non-hydrogen) atoms. The van der Waals surface area contributed by atoms with Gasteiger partial charge < -0.3 is 4.42 Å². The first kappa shape index (κ1) is 22.6. The molecule has 5 heteroatoms. The minimum Gasteiger partial charge on any atom is -0.457 e. The maximum absolute atomic E-state index is 7.26. The average molecular weight is 501 g/mol. The molecule has 0 saturated carbocycles. The molecule has 0 saturated heterocycles. The van der Waals surface area contributed by atoms with Crippen LogP contribution in [0, 0.1) is 6.57 Å². The van der Waals surface area contributed by atoms with Gasteiger partial charge in [0.25, 0.3) is 0 Å². The molecule has 2 heterocycles. The highest BCUT2D eigenvalue weighted by Crippen LogP contribution is 2.34. The first-order chi connectivity index (χ1) is 19.2. The molecule has 0 spiro atoms. The third-order valence-electron chi connectivity index (χ3n) is 6.76. The van der Waals surface area contributed by atoms with Gasteiger partial charge in [-0.15, -0.1) is 0 Å². The zero-order chi connectivity index (χ0) is 26.2. The van der Waals surface area contributed by atoms with Crippen molar-refractivity contribution in [3.05, 3.63) is 133 Å². The third-order valence-corrected chi connectivity index (χ3v) is 6.76. The summed E-state index contributed by atoms with van der Waals surface area (Å²) in [6, 6.07) is 39.9. The van der Waals surface area contributed by atoms with Crippen molar-refractivity contribution in [3.8, 4) is 45.3 Å². The number of rotatable bonds is 4. The van der Waals surface area contributed by atoms with Crippen LogP contribution in [-0.4, -0.2) is 15.0 Å². The first-order valence-corrected chi connectivity index (χ1v) is 12.6. The molecule has 0 fully saturated rings. The topological polar surface area (TPSA) is 56.2 Å². The molecule has 0 aliphatic carbocycles. The van der Waals surface area contributed by atoms with Crippen LogP contribution in [0.4, 0.5) is 5.69 Å². The highest BCUT2D eigenvalue weighted by Gasteiger charge is 2.13. The van der Waals surface area contributed by atoms with Crippen molar-refractivity contribution >= 4 is 27.6 Å². The van der Waals surface area contributed by atoms with Crippen LogP contribution in [-0.2, 0) is 0 Å². The van der Waals surface area contributed by atoms with E-state index >= 15 is 0 Å². The monoisotopic (exact) mass is 500 g/mol. The Hall–Kier alpha value is -5.60. The summed E-state index contributed by atoms with van der Waals surface area (Å²) in [5, 5.41) is 2.05. The molecule has 0 amide bonds. The predicted molar refractivity (Wildman–Crippen MR) is 155 cm³/mol. The van der Waals surface area contributed by atoms with Crippen LogP contribution in [0.3, 0.4) is 0 Å². The van der Waals surface area contributed by atoms with Gasteiger partial charge >= 0.3 is 0 Å². The maximum Gasteiger partial charge on any atom is 0.190 e. The van der Waals surface area contributed by atoms with Crippen molar-refractivity contribution in [3.63, 3.8) is 0 Å². The number of fused-ring (bicyclic) bond motifs is 3. The fourth-order valence-electron chi connectivity index (χ4n) is 4.76. The fraction of sp³-hybridized carbons (Fsp3) is 0. The van der Waals surface area contributed by atoms with Gasteiger partial charge in [-0.1, -0.05) is 103 Å². The van der Waals surface area contributed by atoms with Crippen LogP contribution >= 0.6 is 0 Å². The van der Waals surface area contributed by atoms with E-state index in [-0.39, 0.29) is 0 Å². The van der Waals surface area contributed by atoms with E-state index in [9.17, 15) is 0 Å². The Morgan fingerprint density at radius 3 is 1.49 bits per heavy atom. The Balaban J connectivity index is 1.28. The van der Waals surface area contributed by atoms with Gasteiger partial charge in [0, 0.05) is 27.5 Å². The Labute approximate surface area is 224 Å². The smallest absolute Gasteiger partial charge is 0.190 e. The molecule has 7 rings (SSSR count). The molecule has 7 aromatic rings. The SMILES string of the molecule is [C-]#[N+]c1ccc2c(c1)oc1cc(-c3ccc(-c4nc(-c5ccccc5)nc(-c5ccccc5)n4)cc3)ccc12. The summed E-state index contributed by atoms with van der Waals surface area (Å²) in [5.41, 5.74) is 6.99. The molecule has 182 valence electrons. The lowest BCUT2D eigenvalue weighted by atomic mass is 10.0. The van der Waals surface area contributed by atoms with Crippen molar-refractivity contribution in [1.29, 1.82) is 0 Å². The largest absolute Gasteiger partial charge is 0.457 e. The van der Waals surface area contributed by atoms with Gasteiger partial charge in [0.2, 0.25) is 0 Å². The molecule has 0 atom stereocenters. The number of hydrogen-bond acceptors (Lipinski definition) is 4. The van der Waals surface area contributed by atoms with Gasteiger partial charge in [0.05, 0.1) is 6.57 Å². The summed E-state index contributed by atoms with van der Waals surface area (Å²) in [5.74, 6) is 1.90. The second-order valence-corrected chi connectivity index (χ2v) is 9.22. The van der Waals surface area contributed by atoms with Gasteiger partial charge in [-0.05, 0) is 29.3 Å². The normalized spacial score (nSPS) is 11.1.